The molecule has 0 fully saturated rings. The predicted molar refractivity (Wildman–Crippen MR) is 88.9 cm³/mol. The number of halogens is 2. The molecule has 3 N–H and O–H groups in total. The van der Waals surface area contributed by atoms with E-state index in [1.807, 2.05) is 19.2 Å². The fourth-order valence-electron chi connectivity index (χ4n) is 2.25. The van der Waals surface area contributed by atoms with E-state index in [0.29, 0.717) is 6.54 Å². The van der Waals surface area contributed by atoms with Gasteiger partial charge in [0.2, 0.25) is 0 Å². The van der Waals surface area contributed by atoms with E-state index in [0.717, 1.165) is 36.8 Å². The summed E-state index contributed by atoms with van der Waals surface area (Å²) in [6.45, 7) is 3.05. The molecule has 0 unspecified atom stereocenters. The van der Waals surface area contributed by atoms with E-state index < -0.39 is 5.92 Å². The number of aromatic nitrogens is 2. The van der Waals surface area contributed by atoms with Gasteiger partial charge in [-0.15, -0.1) is 0 Å². The lowest BCUT2D eigenvalue weighted by Gasteiger charge is -2.14. The van der Waals surface area contributed by atoms with Crippen molar-refractivity contribution < 1.29 is 8.78 Å². The Balaban J connectivity index is 2.07. The number of benzene rings is 1. The van der Waals surface area contributed by atoms with Crippen molar-refractivity contribution in [1.29, 1.82) is 0 Å². The Hall–Kier alpha value is -2.05. The van der Waals surface area contributed by atoms with Crippen LogP contribution in [0.2, 0.25) is 0 Å². The molecule has 0 saturated carbocycles. The standard InChI is InChI=1S/C17H22F2N4/c1-17(18,19)15-6-3-13(4-7-15)5-8-16-14(11-21-22-16)12-23(2)10-9-20/h3-8,11H,9-10,12,20H2,1-2H3,(H,21,22)/b8-5+. The minimum Gasteiger partial charge on any atom is -0.329 e. The van der Waals surface area contributed by atoms with Crippen molar-refractivity contribution in [2.45, 2.75) is 19.4 Å². The molecule has 23 heavy (non-hydrogen) atoms. The van der Waals surface area contributed by atoms with Gasteiger partial charge < -0.3 is 10.6 Å². The van der Waals surface area contributed by atoms with Crippen LogP contribution in [0.25, 0.3) is 12.2 Å². The predicted octanol–water partition coefficient (Wildman–Crippen LogP) is 3.08. The van der Waals surface area contributed by atoms with Crippen LogP contribution in [0.3, 0.4) is 0 Å². The summed E-state index contributed by atoms with van der Waals surface area (Å²) in [7, 11) is 2.00. The molecule has 0 radical (unpaired) electrons. The summed E-state index contributed by atoms with van der Waals surface area (Å²) >= 11 is 0. The number of hydrogen-bond acceptors (Lipinski definition) is 3. The molecule has 6 heteroatoms. The number of likely N-dealkylation sites (N-methyl/N-ethyl adjacent to an activating group) is 1. The highest BCUT2D eigenvalue weighted by atomic mass is 19.3. The average molecular weight is 320 g/mol. The van der Waals surface area contributed by atoms with Gasteiger partial charge in [0.25, 0.3) is 5.92 Å². The van der Waals surface area contributed by atoms with E-state index in [2.05, 4.69) is 15.1 Å². The molecule has 0 saturated heterocycles. The Morgan fingerprint density at radius 1 is 1.26 bits per heavy atom. The van der Waals surface area contributed by atoms with E-state index >= 15 is 0 Å². The van der Waals surface area contributed by atoms with Crippen molar-refractivity contribution >= 4 is 12.2 Å². The molecule has 1 aromatic carbocycles. The Morgan fingerprint density at radius 2 is 1.96 bits per heavy atom. The van der Waals surface area contributed by atoms with Gasteiger partial charge in [-0.1, -0.05) is 30.3 Å². The van der Waals surface area contributed by atoms with E-state index in [-0.39, 0.29) is 5.56 Å². The molecule has 124 valence electrons. The molecule has 0 aliphatic carbocycles. The zero-order valence-electron chi connectivity index (χ0n) is 13.4. The van der Waals surface area contributed by atoms with Gasteiger partial charge in [0, 0.05) is 37.7 Å². The minimum atomic E-state index is -2.81. The molecule has 0 atom stereocenters. The summed E-state index contributed by atoms with van der Waals surface area (Å²) < 4.78 is 26.4. The molecule has 0 spiro atoms. The van der Waals surface area contributed by atoms with Crippen LogP contribution in [0.1, 0.15) is 29.3 Å². The van der Waals surface area contributed by atoms with Crippen molar-refractivity contribution in [2.24, 2.45) is 5.73 Å². The van der Waals surface area contributed by atoms with E-state index in [4.69, 9.17) is 5.73 Å². The lowest BCUT2D eigenvalue weighted by molar-refractivity contribution is 0.0175. The SMILES string of the molecule is CN(CCN)Cc1cn[nH]c1/C=C/c1ccc(C(C)(F)F)cc1. The highest BCUT2D eigenvalue weighted by Gasteiger charge is 2.23. The van der Waals surface area contributed by atoms with Crippen molar-refractivity contribution in [1.82, 2.24) is 15.1 Å². The van der Waals surface area contributed by atoms with Crippen molar-refractivity contribution in [2.75, 3.05) is 20.1 Å². The quantitative estimate of drug-likeness (QED) is 0.824. The maximum atomic E-state index is 13.2. The highest BCUT2D eigenvalue weighted by Crippen LogP contribution is 2.27. The second-order valence-corrected chi connectivity index (χ2v) is 5.68. The van der Waals surface area contributed by atoms with Gasteiger partial charge in [-0.3, -0.25) is 5.10 Å². The smallest absolute Gasteiger partial charge is 0.270 e. The molecule has 2 aromatic rings. The summed E-state index contributed by atoms with van der Waals surface area (Å²) in [6.07, 6.45) is 5.56. The van der Waals surface area contributed by atoms with Gasteiger partial charge in [0.05, 0.1) is 11.9 Å². The third kappa shape index (κ3) is 4.97. The first-order chi connectivity index (χ1) is 10.9. The first-order valence-corrected chi connectivity index (χ1v) is 7.47. The zero-order chi connectivity index (χ0) is 16.9. The second-order valence-electron chi connectivity index (χ2n) is 5.68. The normalized spacial score (nSPS) is 12.4. The molecular formula is C17H22F2N4. The maximum Gasteiger partial charge on any atom is 0.270 e. The van der Waals surface area contributed by atoms with E-state index in [1.54, 1.807) is 18.3 Å². The third-order valence-corrected chi connectivity index (χ3v) is 3.56. The molecule has 0 bridgehead atoms. The van der Waals surface area contributed by atoms with Crippen LogP contribution in [0.5, 0.6) is 0 Å². The molecular weight excluding hydrogens is 298 g/mol. The van der Waals surface area contributed by atoms with Crippen molar-refractivity contribution in [3.05, 3.63) is 52.8 Å². The topological polar surface area (TPSA) is 57.9 Å². The van der Waals surface area contributed by atoms with E-state index in [9.17, 15) is 8.78 Å². The summed E-state index contributed by atoms with van der Waals surface area (Å²) in [4.78, 5) is 2.11. The number of aromatic amines is 1. The number of H-pyrrole nitrogens is 1. The first kappa shape index (κ1) is 17.3. The number of hydrogen-bond donors (Lipinski definition) is 2. The van der Waals surface area contributed by atoms with Gasteiger partial charge in [-0.25, -0.2) is 8.78 Å². The number of rotatable bonds is 7. The number of nitrogens with two attached hydrogens (primary N) is 1. The zero-order valence-corrected chi connectivity index (χ0v) is 13.4. The fourth-order valence-corrected chi connectivity index (χ4v) is 2.25. The molecule has 4 nitrogen and oxygen atoms in total. The van der Waals surface area contributed by atoms with E-state index in [1.165, 1.54) is 12.1 Å². The number of nitrogens with zero attached hydrogens (tertiary/aromatic N) is 2. The fraction of sp³-hybridized carbons (Fsp3) is 0.353. The first-order valence-electron chi connectivity index (χ1n) is 7.47. The maximum absolute atomic E-state index is 13.2. The molecule has 1 aromatic heterocycles. The molecule has 0 aliphatic rings. The lowest BCUT2D eigenvalue weighted by Crippen LogP contribution is -2.25. The van der Waals surface area contributed by atoms with Crippen molar-refractivity contribution in [3.63, 3.8) is 0 Å². The monoisotopic (exact) mass is 320 g/mol. The Morgan fingerprint density at radius 3 is 2.57 bits per heavy atom. The van der Waals surface area contributed by atoms with Crippen LogP contribution in [-0.4, -0.2) is 35.2 Å². The minimum absolute atomic E-state index is 0.0142. The summed E-state index contributed by atoms with van der Waals surface area (Å²) in [5, 5.41) is 7.01. The second kappa shape index (κ2) is 7.48. The van der Waals surface area contributed by atoms with Crippen LogP contribution < -0.4 is 5.73 Å². The summed E-state index contributed by atoms with van der Waals surface area (Å²) in [6, 6.07) is 6.25. The third-order valence-electron chi connectivity index (χ3n) is 3.56. The average Bonchev–Trinajstić information content (AvgIpc) is 2.92. The largest absolute Gasteiger partial charge is 0.329 e. The summed E-state index contributed by atoms with van der Waals surface area (Å²) in [5.41, 5.74) is 8.38. The van der Waals surface area contributed by atoms with Crippen LogP contribution in [0, 0.1) is 0 Å². The lowest BCUT2D eigenvalue weighted by atomic mass is 10.1. The highest BCUT2D eigenvalue weighted by molar-refractivity contribution is 5.69. The van der Waals surface area contributed by atoms with Crippen LogP contribution >= 0.6 is 0 Å². The van der Waals surface area contributed by atoms with Crippen LogP contribution in [0.15, 0.2) is 30.5 Å². The Bertz CT molecular complexity index is 641. The summed E-state index contributed by atoms with van der Waals surface area (Å²) in [5.74, 6) is -2.81. The molecule has 1 heterocycles. The van der Waals surface area contributed by atoms with Crippen LogP contribution in [0.4, 0.5) is 8.78 Å². The van der Waals surface area contributed by atoms with Gasteiger partial charge in [0.15, 0.2) is 0 Å². The van der Waals surface area contributed by atoms with Gasteiger partial charge >= 0.3 is 0 Å². The Kier molecular flexibility index (Phi) is 5.63. The number of alkyl halides is 2. The van der Waals surface area contributed by atoms with Gasteiger partial charge in [-0.2, -0.15) is 5.10 Å². The van der Waals surface area contributed by atoms with Gasteiger partial charge in [0.1, 0.15) is 0 Å². The van der Waals surface area contributed by atoms with Crippen molar-refractivity contribution in [3.8, 4) is 0 Å². The number of nitrogens with one attached hydrogen (secondary N) is 1. The molecule has 0 aliphatic heterocycles. The Labute approximate surface area is 135 Å². The van der Waals surface area contributed by atoms with Gasteiger partial charge in [-0.05, 0) is 18.7 Å². The molecule has 0 amide bonds. The molecule has 2 rings (SSSR count). The van der Waals surface area contributed by atoms with Crippen LogP contribution in [-0.2, 0) is 12.5 Å².